The second-order valence-electron chi connectivity index (χ2n) is 6.49. The Hall–Kier alpha value is -0.160. The molecule has 4 nitrogen and oxygen atoms in total. The zero-order chi connectivity index (χ0) is 15.0. The maximum atomic E-state index is 5.95. The minimum Gasteiger partial charge on any atom is -0.380 e. The highest BCUT2D eigenvalue weighted by Gasteiger charge is 2.46. The van der Waals surface area contributed by atoms with E-state index in [9.17, 15) is 0 Å². The topological polar surface area (TPSA) is 33.7 Å². The fourth-order valence-corrected chi connectivity index (χ4v) is 3.95. The zero-order valence-corrected chi connectivity index (χ0v) is 14.0. The van der Waals surface area contributed by atoms with E-state index in [2.05, 4.69) is 24.1 Å². The molecule has 1 heterocycles. The molecule has 21 heavy (non-hydrogen) atoms. The molecule has 0 aromatic rings. The highest BCUT2D eigenvalue weighted by Crippen LogP contribution is 2.38. The van der Waals surface area contributed by atoms with E-state index >= 15 is 0 Å². The molecule has 1 N–H and O–H groups in total. The Kier molecular flexibility index (Phi) is 7.44. The third-order valence-electron chi connectivity index (χ3n) is 5.03. The Morgan fingerprint density at radius 1 is 1.14 bits per heavy atom. The van der Waals surface area contributed by atoms with Gasteiger partial charge < -0.3 is 14.8 Å². The fraction of sp³-hybridized carbons (Fsp3) is 1.00. The van der Waals surface area contributed by atoms with Crippen LogP contribution < -0.4 is 5.32 Å². The first kappa shape index (κ1) is 17.2. The number of ether oxygens (including phenoxy) is 2. The molecule has 1 aliphatic carbocycles. The van der Waals surface area contributed by atoms with Gasteiger partial charge in [0.2, 0.25) is 0 Å². The monoisotopic (exact) mass is 298 g/mol. The number of nitrogens with zero attached hydrogens (tertiary/aromatic N) is 1. The summed E-state index contributed by atoms with van der Waals surface area (Å²) in [5.41, 5.74) is 0.298. The van der Waals surface area contributed by atoms with Gasteiger partial charge in [0.05, 0.1) is 19.8 Å². The van der Waals surface area contributed by atoms with Crippen molar-refractivity contribution in [2.45, 2.75) is 64.0 Å². The average Bonchev–Trinajstić information content (AvgIpc) is 3.02. The van der Waals surface area contributed by atoms with E-state index in [4.69, 9.17) is 9.47 Å². The van der Waals surface area contributed by atoms with Crippen LogP contribution in [0.25, 0.3) is 0 Å². The standard InChI is InChI=1S/C17H34N2O2/c1-3-9-18-16(15-21-12-4-2)17(7-5-6-8-17)19-10-13-20-14-11-19/h16,18H,3-15H2,1-2H3. The largest absolute Gasteiger partial charge is 0.380 e. The molecule has 2 rings (SSSR count). The minimum absolute atomic E-state index is 0.298. The van der Waals surface area contributed by atoms with Gasteiger partial charge in [-0.1, -0.05) is 26.7 Å². The molecule has 1 unspecified atom stereocenters. The molecule has 1 saturated carbocycles. The molecule has 0 amide bonds. The first-order valence-electron chi connectivity index (χ1n) is 8.97. The van der Waals surface area contributed by atoms with Gasteiger partial charge in [0, 0.05) is 31.3 Å². The lowest BCUT2D eigenvalue weighted by Crippen LogP contribution is -2.64. The summed E-state index contributed by atoms with van der Waals surface area (Å²) in [5, 5.41) is 3.80. The summed E-state index contributed by atoms with van der Waals surface area (Å²) >= 11 is 0. The van der Waals surface area contributed by atoms with Crippen molar-refractivity contribution in [2.75, 3.05) is 46.1 Å². The maximum absolute atomic E-state index is 5.95. The molecule has 0 aromatic carbocycles. The van der Waals surface area contributed by atoms with Crippen LogP contribution in [0.4, 0.5) is 0 Å². The molecule has 124 valence electrons. The summed E-state index contributed by atoms with van der Waals surface area (Å²) < 4.78 is 11.5. The third-order valence-corrected chi connectivity index (χ3v) is 5.03. The van der Waals surface area contributed by atoms with E-state index in [-0.39, 0.29) is 0 Å². The number of hydrogen-bond acceptors (Lipinski definition) is 4. The van der Waals surface area contributed by atoms with Crippen LogP contribution in [0.3, 0.4) is 0 Å². The van der Waals surface area contributed by atoms with Crippen LogP contribution in [0.1, 0.15) is 52.4 Å². The second-order valence-corrected chi connectivity index (χ2v) is 6.49. The number of morpholine rings is 1. The summed E-state index contributed by atoms with van der Waals surface area (Å²) in [6, 6.07) is 0.463. The minimum atomic E-state index is 0.298. The number of rotatable bonds is 9. The van der Waals surface area contributed by atoms with Crippen molar-refractivity contribution in [1.29, 1.82) is 0 Å². The number of nitrogens with one attached hydrogen (secondary N) is 1. The summed E-state index contributed by atoms with van der Waals surface area (Å²) in [6.07, 6.45) is 7.62. The van der Waals surface area contributed by atoms with Gasteiger partial charge in [-0.2, -0.15) is 0 Å². The van der Waals surface area contributed by atoms with Gasteiger partial charge in [-0.15, -0.1) is 0 Å². The van der Waals surface area contributed by atoms with Crippen LogP contribution in [0.5, 0.6) is 0 Å². The molecule has 2 fully saturated rings. The van der Waals surface area contributed by atoms with Gasteiger partial charge in [-0.3, -0.25) is 4.90 Å². The lowest BCUT2D eigenvalue weighted by molar-refractivity contribution is -0.0500. The lowest BCUT2D eigenvalue weighted by Gasteiger charge is -2.48. The molecular weight excluding hydrogens is 264 g/mol. The van der Waals surface area contributed by atoms with E-state index in [0.717, 1.165) is 52.5 Å². The van der Waals surface area contributed by atoms with Crippen molar-refractivity contribution in [3.63, 3.8) is 0 Å². The molecule has 1 saturated heterocycles. The second kappa shape index (κ2) is 9.09. The average molecular weight is 298 g/mol. The molecule has 0 radical (unpaired) electrons. The van der Waals surface area contributed by atoms with Gasteiger partial charge in [0.1, 0.15) is 0 Å². The van der Waals surface area contributed by atoms with Gasteiger partial charge >= 0.3 is 0 Å². The molecule has 1 aliphatic heterocycles. The van der Waals surface area contributed by atoms with Crippen LogP contribution in [0, 0.1) is 0 Å². The predicted molar refractivity (Wildman–Crippen MR) is 86.8 cm³/mol. The van der Waals surface area contributed by atoms with Crippen LogP contribution in [-0.2, 0) is 9.47 Å². The highest BCUT2D eigenvalue weighted by atomic mass is 16.5. The summed E-state index contributed by atoms with van der Waals surface area (Å²) in [7, 11) is 0. The SMILES string of the molecule is CCCNC(COCCC)C1(N2CCOCC2)CCCC1. The van der Waals surface area contributed by atoms with Crippen molar-refractivity contribution < 1.29 is 9.47 Å². The maximum Gasteiger partial charge on any atom is 0.0637 e. The highest BCUT2D eigenvalue weighted by molar-refractivity contribution is 5.04. The summed E-state index contributed by atoms with van der Waals surface area (Å²) in [4.78, 5) is 2.70. The van der Waals surface area contributed by atoms with Crippen molar-refractivity contribution in [2.24, 2.45) is 0 Å². The number of hydrogen-bond donors (Lipinski definition) is 1. The van der Waals surface area contributed by atoms with Crippen molar-refractivity contribution in [3.05, 3.63) is 0 Å². The summed E-state index contributed by atoms with van der Waals surface area (Å²) in [5.74, 6) is 0. The van der Waals surface area contributed by atoms with Crippen LogP contribution in [0.2, 0.25) is 0 Å². The Balaban J connectivity index is 2.05. The molecule has 0 aromatic heterocycles. The first-order valence-corrected chi connectivity index (χ1v) is 8.97. The van der Waals surface area contributed by atoms with Crippen molar-refractivity contribution in [1.82, 2.24) is 10.2 Å². The first-order chi connectivity index (χ1) is 10.3. The van der Waals surface area contributed by atoms with Crippen molar-refractivity contribution >= 4 is 0 Å². The van der Waals surface area contributed by atoms with Gasteiger partial charge in [0.25, 0.3) is 0 Å². The van der Waals surface area contributed by atoms with Crippen molar-refractivity contribution in [3.8, 4) is 0 Å². The predicted octanol–water partition coefficient (Wildman–Crippen LogP) is 2.43. The Morgan fingerprint density at radius 3 is 2.48 bits per heavy atom. The van der Waals surface area contributed by atoms with Crippen LogP contribution >= 0.6 is 0 Å². The third kappa shape index (κ3) is 4.41. The lowest BCUT2D eigenvalue weighted by atomic mass is 9.85. The smallest absolute Gasteiger partial charge is 0.0637 e. The Morgan fingerprint density at radius 2 is 1.86 bits per heavy atom. The normalized spacial score (nSPS) is 24.3. The summed E-state index contributed by atoms with van der Waals surface area (Å²) in [6.45, 7) is 11.2. The van der Waals surface area contributed by atoms with Crippen LogP contribution in [-0.4, -0.2) is 62.5 Å². The van der Waals surface area contributed by atoms with Gasteiger partial charge in [-0.05, 0) is 32.2 Å². The fourth-order valence-electron chi connectivity index (χ4n) is 3.95. The molecule has 4 heteroatoms. The zero-order valence-electron chi connectivity index (χ0n) is 14.0. The van der Waals surface area contributed by atoms with Gasteiger partial charge in [0.15, 0.2) is 0 Å². The van der Waals surface area contributed by atoms with Gasteiger partial charge in [-0.25, -0.2) is 0 Å². The van der Waals surface area contributed by atoms with E-state index in [1.165, 1.54) is 32.1 Å². The van der Waals surface area contributed by atoms with Crippen LogP contribution in [0.15, 0.2) is 0 Å². The molecule has 0 bridgehead atoms. The van der Waals surface area contributed by atoms with E-state index in [1.807, 2.05) is 0 Å². The molecule has 1 atom stereocenters. The van der Waals surface area contributed by atoms with E-state index in [1.54, 1.807) is 0 Å². The van der Waals surface area contributed by atoms with E-state index in [0.29, 0.717) is 11.6 Å². The molecule has 0 spiro atoms. The quantitative estimate of drug-likeness (QED) is 0.663. The Labute approximate surface area is 130 Å². The molecule has 2 aliphatic rings. The Bertz CT molecular complexity index is 274. The van der Waals surface area contributed by atoms with E-state index < -0.39 is 0 Å². The molecular formula is C17H34N2O2.